The molecule has 0 saturated carbocycles. The van der Waals surface area contributed by atoms with Crippen molar-refractivity contribution in [2.45, 2.75) is 20.8 Å². The van der Waals surface area contributed by atoms with Gasteiger partial charge in [0.15, 0.2) is 18.1 Å². The van der Waals surface area contributed by atoms with Gasteiger partial charge in [-0.25, -0.2) is 4.98 Å². The van der Waals surface area contributed by atoms with Gasteiger partial charge in [0.1, 0.15) is 11.9 Å². The summed E-state index contributed by atoms with van der Waals surface area (Å²) in [6.45, 7) is 7.41. The summed E-state index contributed by atoms with van der Waals surface area (Å²) in [5, 5.41) is 9.66. The number of likely N-dealkylation sites (N-methyl/N-ethyl adjacent to an activating group) is 1. The number of rotatable bonds is 9. The van der Waals surface area contributed by atoms with Gasteiger partial charge >= 0.3 is 0 Å². The van der Waals surface area contributed by atoms with Gasteiger partial charge in [0, 0.05) is 13.1 Å². The molecule has 1 N–H and O–H groups in total. The van der Waals surface area contributed by atoms with Crippen LogP contribution in [0.25, 0.3) is 22.7 Å². The van der Waals surface area contributed by atoms with Crippen molar-refractivity contribution in [3.63, 3.8) is 0 Å². The zero-order valence-electron chi connectivity index (χ0n) is 18.0. The molecule has 7 heteroatoms. The molecule has 0 fully saturated rings. The highest BCUT2D eigenvalue weighted by Gasteiger charge is 2.14. The first-order chi connectivity index (χ1) is 15.1. The van der Waals surface area contributed by atoms with E-state index in [9.17, 15) is 10.1 Å². The molecular weight excluding hydrogens is 392 g/mol. The Kier molecular flexibility index (Phi) is 7.28. The lowest BCUT2D eigenvalue weighted by atomic mass is 10.1. The number of allylic oxidation sites excluding steroid dienone is 1. The number of nitrogens with one attached hydrogen (secondary N) is 1. The topological polar surface area (TPSA) is 91.2 Å². The van der Waals surface area contributed by atoms with E-state index in [1.807, 2.05) is 51.1 Å². The summed E-state index contributed by atoms with van der Waals surface area (Å²) in [5.74, 6) is 1.44. The van der Waals surface area contributed by atoms with Crippen LogP contribution in [0.15, 0.2) is 42.5 Å². The molecule has 3 aromatic rings. The number of para-hydroxylation sites is 2. The Labute approximate surface area is 181 Å². The Hall–Kier alpha value is -3.79. The number of aromatic nitrogens is 2. The van der Waals surface area contributed by atoms with Crippen LogP contribution >= 0.6 is 0 Å². The van der Waals surface area contributed by atoms with Crippen molar-refractivity contribution in [1.29, 1.82) is 5.26 Å². The molecule has 1 heterocycles. The average molecular weight is 418 g/mol. The molecule has 0 saturated heterocycles. The smallest absolute Gasteiger partial charge is 0.260 e. The fraction of sp³-hybridized carbons (Fsp3) is 0.292. The zero-order chi connectivity index (χ0) is 22.2. The Bertz CT molecular complexity index is 1090. The summed E-state index contributed by atoms with van der Waals surface area (Å²) in [6, 6.07) is 15.2. The number of ether oxygens (including phenoxy) is 2. The van der Waals surface area contributed by atoms with Crippen molar-refractivity contribution >= 4 is 28.6 Å². The molecular formula is C24H26N4O3. The van der Waals surface area contributed by atoms with E-state index in [1.54, 1.807) is 23.1 Å². The quantitative estimate of drug-likeness (QED) is 0.524. The highest BCUT2D eigenvalue weighted by molar-refractivity contribution is 5.90. The van der Waals surface area contributed by atoms with Crippen LogP contribution < -0.4 is 9.47 Å². The molecule has 7 nitrogen and oxygen atoms in total. The summed E-state index contributed by atoms with van der Waals surface area (Å²) in [7, 11) is 0. The third-order valence-corrected chi connectivity index (χ3v) is 4.81. The van der Waals surface area contributed by atoms with Crippen molar-refractivity contribution in [3.8, 4) is 17.6 Å². The summed E-state index contributed by atoms with van der Waals surface area (Å²) in [4.78, 5) is 21.6. The van der Waals surface area contributed by atoms with Gasteiger partial charge in [0.2, 0.25) is 0 Å². The van der Waals surface area contributed by atoms with E-state index in [4.69, 9.17) is 9.47 Å². The molecule has 0 aliphatic carbocycles. The minimum absolute atomic E-state index is 0.0562. The van der Waals surface area contributed by atoms with E-state index in [1.165, 1.54) is 0 Å². The van der Waals surface area contributed by atoms with Crippen LogP contribution in [0.2, 0.25) is 0 Å². The van der Waals surface area contributed by atoms with Crippen molar-refractivity contribution in [1.82, 2.24) is 14.9 Å². The van der Waals surface area contributed by atoms with Crippen LogP contribution in [-0.4, -0.2) is 47.1 Å². The monoisotopic (exact) mass is 418 g/mol. The van der Waals surface area contributed by atoms with Crippen molar-refractivity contribution in [2.75, 3.05) is 26.3 Å². The van der Waals surface area contributed by atoms with Gasteiger partial charge in [0.25, 0.3) is 5.91 Å². The minimum atomic E-state index is -0.0759. The predicted molar refractivity (Wildman–Crippen MR) is 121 cm³/mol. The number of nitrogens with zero attached hydrogens (tertiary/aromatic N) is 3. The van der Waals surface area contributed by atoms with Gasteiger partial charge < -0.3 is 19.4 Å². The summed E-state index contributed by atoms with van der Waals surface area (Å²) in [5.41, 5.74) is 2.84. The normalized spacial score (nSPS) is 11.2. The van der Waals surface area contributed by atoms with Gasteiger partial charge in [-0.2, -0.15) is 5.26 Å². The molecule has 0 aliphatic rings. The second-order valence-electron chi connectivity index (χ2n) is 6.77. The second kappa shape index (κ2) is 10.3. The molecule has 31 heavy (non-hydrogen) atoms. The number of imidazole rings is 1. The molecule has 0 unspecified atom stereocenters. The largest absolute Gasteiger partial charge is 0.490 e. The molecule has 1 aromatic heterocycles. The maximum atomic E-state index is 12.2. The highest BCUT2D eigenvalue weighted by atomic mass is 16.5. The predicted octanol–water partition coefficient (Wildman–Crippen LogP) is 4.27. The standard InChI is InChI=1S/C24H26N4O3/c1-4-28(5-2)23(29)16-31-21-12-11-17(14-22(21)30-6-3)13-18(15-25)24-26-19-9-7-8-10-20(19)27-24/h7-14H,4-6,16H2,1-3H3,(H,26,27)/b18-13-. The number of hydrogen-bond donors (Lipinski definition) is 1. The molecule has 0 atom stereocenters. The lowest BCUT2D eigenvalue weighted by Gasteiger charge is -2.19. The Morgan fingerprint density at radius 2 is 1.90 bits per heavy atom. The number of carbonyl (C=O) groups excluding carboxylic acids is 1. The fourth-order valence-corrected chi connectivity index (χ4v) is 3.21. The van der Waals surface area contributed by atoms with E-state index in [-0.39, 0.29) is 12.5 Å². The number of fused-ring (bicyclic) bond motifs is 1. The number of carbonyl (C=O) groups is 1. The molecule has 0 aliphatic heterocycles. The van der Waals surface area contributed by atoms with Gasteiger partial charge in [-0.05, 0) is 56.7 Å². The Morgan fingerprint density at radius 1 is 1.13 bits per heavy atom. The number of nitriles is 1. The van der Waals surface area contributed by atoms with Crippen molar-refractivity contribution in [2.24, 2.45) is 0 Å². The summed E-state index contributed by atoms with van der Waals surface area (Å²) < 4.78 is 11.4. The molecule has 1 amide bonds. The highest BCUT2D eigenvalue weighted by Crippen LogP contribution is 2.30. The number of hydrogen-bond acceptors (Lipinski definition) is 5. The van der Waals surface area contributed by atoms with Gasteiger partial charge in [-0.3, -0.25) is 4.79 Å². The van der Waals surface area contributed by atoms with Crippen LogP contribution in [0.3, 0.4) is 0 Å². The first kappa shape index (κ1) is 21.9. The zero-order valence-corrected chi connectivity index (χ0v) is 18.0. The van der Waals surface area contributed by atoms with E-state index in [0.717, 1.165) is 16.6 Å². The second-order valence-corrected chi connectivity index (χ2v) is 6.77. The Morgan fingerprint density at radius 3 is 2.58 bits per heavy atom. The van der Waals surface area contributed by atoms with Gasteiger partial charge in [0.05, 0.1) is 23.2 Å². The minimum Gasteiger partial charge on any atom is -0.490 e. The van der Waals surface area contributed by atoms with E-state index >= 15 is 0 Å². The van der Waals surface area contributed by atoms with E-state index in [0.29, 0.717) is 42.6 Å². The fourth-order valence-electron chi connectivity index (χ4n) is 3.21. The molecule has 0 radical (unpaired) electrons. The first-order valence-electron chi connectivity index (χ1n) is 10.3. The van der Waals surface area contributed by atoms with Crippen LogP contribution in [0.5, 0.6) is 11.5 Å². The number of benzene rings is 2. The lowest BCUT2D eigenvalue weighted by molar-refractivity contribution is -0.132. The molecule has 3 rings (SSSR count). The van der Waals surface area contributed by atoms with Gasteiger partial charge in [-0.15, -0.1) is 0 Å². The van der Waals surface area contributed by atoms with E-state index in [2.05, 4.69) is 16.0 Å². The average Bonchev–Trinajstić information content (AvgIpc) is 3.22. The summed E-state index contributed by atoms with van der Waals surface area (Å²) in [6.07, 6.45) is 1.74. The third kappa shape index (κ3) is 5.23. The first-order valence-corrected chi connectivity index (χ1v) is 10.3. The molecule has 160 valence electrons. The van der Waals surface area contributed by atoms with Crippen LogP contribution in [0.4, 0.5) is 0 Å². The lowest BCUT2D eigenvalue weighted by Crippen LogP contribution is -2.34. The van der Waals surface area contributed by atoms with E-state index < -0.39 is 0 Å². The summed E-state index contributed by atoms with van der Waals surface area (Å²) >= 11 is 0. The third-order valence-electron chi connectivity index (χ3n) is 4.81. The molecule has 0 bridgehead atoms. The van der Waals surface area contributed by atoms with Crippen LogP contribution in [0.1, 0.15) is 32.2 Å². The van der Waals surface area contributed by atoms with Crippen molar-refractivity contribution < 1.29 is 14.3 Å². The SMILES string of the molecule is CCOc1cc(/C=C(/C#N)c2nc3ccccc3[nH]2)ccc1OCC(=O)N(CC)CC. The van der Waals surface area contributed by atoms with Crippen LogP contribution in [0, 0.1) is 11.3 Å². The number of H-pyrrole nitrogens is 1. The maximum Gasteiger partial charge on any atom is 0.260 e. The molecule has 2 aromatic carbocycles. The molecule has 0 spiro atoms. The number of amides is 1. The van der Waals surface area contributed by atoms with Gasteiger partial charge in [-0.1, -0.05) is 18.2 Å². The maximum absolute atomic E-state index is 12.2. The van der Waals surface area contributed by atoms with Crippen molar-refractivity contribution in [3.05, 3.63) is 53.9 Å². The Balaban J connectivity index is 1.85. The number of aromatic amines is 1. The van der Waals surface area contributed by atoms with Crippen LogP contribution in [-0.2, 0) is 4.79 Å².